The lowest BCUT2D eigenvalue weighted by molar-refractivity contribution is 0.593. The molecule has 7 heteroatoms. The Labute approximate surface area is 122 Å². The first-order valence-corrected chi connectivity index (χ1v) is 7.35. The van der Waals surface area contributed by atoms with Crippen LogP contribution in [0.25, 0.3) is 0 Å². The van der Waals surface area contributed by atoms with Crippen LogP contribution in [0.5, 0.6) is 0 Å². The number of hydrogen-bond acceptors (Lipinski definition) is 4. The summed E-state index contributed by atoms with van der Waals surface area (Å²) in [7, 11) is -2.67. The van der Waals surface area contributed by atoms with Crippen LogP contribution in [-0.2, 0) is 10.0 Å². The normalized spacial score (nSPS) is 10.9. The van der Waals surface area contributed by atoms with Crippen molar-refractivity contribution in [2.75, 3.05) is 17.1 Å². The maximum atomic E-state index is 13.0. The highest BCUT2D eigenvalue weighted by Gasteiger charge is 2.25. The molecule has 2 aromatic carbocycles. The Hall–Kier alpha value is -2.59. The van der Waals surface area contributed by atoms with E-state index in [1.807, 2.05) is 6.07 Å². The molecule has 0 atom stereocenters. The molecule has 0 fully saturated rings. The molecule has 0 unspecified atom stereocenters. The maximum absolute atomic E-state index is 13.0. The molecule has 0 aromatic heterocycles. The minimum atomic E-state index is -3.98. The summed E-state index contributed by atoms with van der Waals surface area (Å²) < 4.78 is 39.1. The molecule has 0 spiro atoms. The fraction of sp³-hybridized carbons (Fsp3) is 0.0714. The van der Waals surface area contributed by atoms with Gasteiger partial charge in [-0.25, -0.2) is 12.8 Å². The summed E-state index contributed by atoms with van der Waals surface area (Å²) >= 11 is 0. The zero-order valence-electron chi connectivity index (χ0n) is 11.1. The van der Waals surface area contributed by atoms with Crippen molar-refractivity contribution in [3.8, 4) is 6.07 Å². The number of nitrogen functional groups attached to an aromatic ring is 1. The van der Waals surface area contributed by atoms with Crippen molar-refractivity contribution >= 4 is 21.4 Å². The first-order valence-electron chi connectivity index (χ1n) is 5.91. The van der Waals surface area contributed by atoms with Gasteiger partial charge in [0.1, 0.15) is 16.8 Å². The Morgan fingerprint density at radius 3 is 2.52 bits per heavy atom. The van der Waals surface area contributed by atoms with Gasteiger partial charge in [0.25, 0.3) is 10.0 Å². The van der Waals surface area contributed by atoms with Crippen LogP contribution in [0.4, 0.5) is 15.8 Å². The molecule has 0 saturated heterocycles. The van der Waals surface area contributed by atoms with Gasteiger partial charge in [-0.05, 0) is 30.3 Å². The second-order valence-corrected chi connectivity index (χ2v) is 6.22. The largest absolute Gasteiger partial charge is 0.398 e. The fourth-order valence-electron chi connectivity index (χ4n) is 1.87. The Morgan fingerprint density at radius 2 is 1.90 bits per heavy atom. The second kappa shape index (κ2) is 5.42. The average Bonchev–Trinajstić information content (AvgIpc) is 2.46. The zero-order valence-corrected chi connectivity index (χ0v) is 11.9. The predicted molar refractivity (Wildman–Crippen MR) is 77.6 cm³/mol. The van der Waals surface area contributed by atoms with Crippen LogP contribution < -0.4 is 10.0 Å². The molecule has 0 amide bonds. The van der Waals surface area contributed by atoms with E-state index >= 15 is 0 Å². The fourth-order valence-corrected chi connectivity index (χ4v) is 3.18. The topological polar surface area (TPSA) is 87.2 Å². The molecule has 2 aromatic rings. The summed E-state index contributed by atoms with van der Waals surface area (Å²) in [6, 6.07) is 11.3. The quantitative estimate of drug-likeness (QED) is 0.880. The van der Waals surface area contributed by atoms with Gasteiger partial charge >= 0.3 is 0 Å². The van der Waals surface area contributed by atoms with Crippen molar-refractivity contribution in [1.82, 2.24) is 0 Å². The van der Waals surface area contributed by atoms with E-state index < -0.39 is 15.8 Å². The first kappa shape index (κ1) is 14.8. The van der Waals surface area contributed by atoms with Crippen molar-refractivity contribution < 1.29 is 12.8 Å². The number of nitrogens with two attached hydrogens (primary N) is 1. The van der Waals surface area contributed by atoms with Crippen LogP contribution in [0.3, 0.4) is 0 Å². The lowest BCUT2D eigenvalue weighted by atomic mass is 10.2. The number of nitriles is 1. The van der Waals surface area contributed by atoms with E-state index in [0.717, 1.165) is 22.5 Å². The van der Waals surface area contributed by atoms with Gasteiger partial charge in [0.05, 0.1) is 16.9 Å². The van der Waals surface area contributed by atoms with E-state index in [1.165, 1.54) is 19.2 Å². The maximum Gasteiger partial charge on any atom is 0.266 e. The number of anilines is 2. The Kier molecular flexibility index (Phi) is 3.82. The van der Waals surface area contributed by atoms with Gasteiger partial charge in [0.15, 0.2) is 0 Å². The third kappa shape index (κ3) is 2.66. The highest BCUT2D eigenvalue weighted by Crippen LogP contribution is 2.28. The number of sulfonamides is 1. The van der Waals surface area contributed by atoms with Crippen molar-refractivity contribution in [2.24, 2.45) is 0 Å². The molecule has 0 radical (unpaired) electrons. The SMILES string of the molecule is CN(c1ccccc1C#N)S(=O)(=O)c1ccc(F)cc1N. The molecule has 108 valence electrons. The Balaban J connectivity index is 2.56. The van der Waals surface area contributed by atoms with Crippen molar-refractivity contribution in [2.45, 2.75) is 4.90 Å². The minimum Gasteiger partial charge on any atom is -0.398 e. The van der Waals surface area contributed by atoms with Gasteiger partial charge in [-0.1, -0.05) is 12.1 Å². The van der Waals surface area contributed by atoms with Crippen molar-refractivity contribution in [1.29, 1.82) is 5.26 Å². The number of benzene rings is 2. The number of nitrogens with zero attached hydrogens (tertiary/aromatic N) is 2. The van der Waals surface area contributed by atoms with Gasteiger partial charge in [-0.3, -0.25) is 4.31 Å². The van der Waals surface area contributed by atoms with Gasteiger partial charge in [-0.2, -0.15) is 5.26 Å². The molecule has 0 aliphatic rings. The van der Waals surface area contributed by atoms with Gasteiger partial charge in [-0.15, -0.1) is 0 Å². The van der Waals surface area contributed by atoms with E-state index in [4.69, 9.17) is 11.0 Å². The second-order valence-electron chi connectivity index (χ2n) is 4.28. The Bertz CT molecular complexity index is 828. The summed E-state index contributed by atoms with van der Waals surface area (Å²) in [5.41, 5.74) is 5.84. The Morgan fingerprint density at radius 1 is 1.24 bits per heavy atom. The molecule has 2 rings (SSSR count). The van der Waals surface area contributed by atoms with Crippen molar-refractivity contribution in [3.05, 3.63) is 53.8 Å². The summed E-state index contributed by atoms with van der Waals surface area (Å²) in [5, 5.41) is 9.05. The van der Waals surface area contributed by atoms with Crippen LogP contribution in [0.2, 0.25) is 0 Å². The standard InChI is InChI=1S/C14H12FN3O2S/c1-18(13-5-3-2-4-10(13)9-16)21(19,20)14-7-6-11(15)8-12(14)17/h2-8H,17H2,1H3. The molecular formula is C14H12FN3O2S. The average molecular weight is 305 g/mol. The molecular weight excluding hydrogens is 293 g/mol. The van der Waals surface area contributed by atoms with Crippen molar-refractivity contribution in [3.63, 3.8) is 0 Å². The number of para-hydroxylation sites is 1. The third-order valence-corrected chi connectivity index (χ3v) is 4.82. The van der Waals surface area contributed by atoms with Crippen LogP contribution in [0.15, 0.2) is 47.4 Å². The highest BCUT2D eigenvalue weighted by atomic mass is 32.2. The van der Waals surface area contributed by atoms with E-state index in [-0.39, 0.29) is 21.8 Å². The molecule has 0 aliphatic heterocycles. The first-order chi connectivity index (χ1) is 9.87. The molecule has 0 heterocycles. The number of rotatable bonds is 3. The molecule has 0 saturated carbocycles. The van der Waals surface area contributed by atoms with Crippen LogP contribution in [0.1, 0.15) is 5.56 Å². The predicted octanol–water partition coefficient (Wildman–Crippen LogP) is 2.10. The minimum absolute atomic E-state index is 0.184. The molecule has 2 N–H and O–H groups in total. The van der Waals surface area contributed by atoms with E-state index in [0.29, 0.717) is 0 Å². The summed E-state index contributed by atoms with van der Waals surface area (Å²) in [6.07, 6.45) is 0. The van der Waals surface area contributed by atoms with Crippen LogP contribution in [0, 0.1) is 17.1 Å². The molecule has 21 heavy (non-hydrogen) atoms. The van der Waals surface area contributed by atoms with E-state index in [2.05, 4.69) is 0 Å². The van der Waals surface area contributed by atoms with Crippen LogP contribution in [-0.4, -0.2) is 15.5 Å². The summed E-state index contributed by atoms with van der Waals surface area (Å²) in [5.74, 6) is -0.619. The summed E-state index contributed by atoms with van der Waals surface area (Å²) in [4.78, 5) is -0.209. The van der Waals surface area contributed by atoms with Gasteiger partial charge in [0, 0.05) is 7.05 Å². The van der Waals surface area contributed by atoms with E-state index in [1.54, 1.807) is 12.1 Å². The number of hydrogen-bond donors (Lipinski definition) is 1. The number of halogens is 1. The summed E-state index contributed by atoms with van der Waals surface area (Å²) in [6.45, 7) is 0. The van der Waals surface area contributed by atoms with Gasteiger partial charge in [0.2, 0.25) is 0 Å². The molecule has 5 nitrogen and oxygen atoms in total. The van der Waals surface area contributed by atoms with Crippen LogP contribution >= 0.6 is 0 Å². The van der Waals surface area contributed by atoms with E-state index in [9.17, 15) is 12.8 Å². The molecule has 0 aliphatic carbocycles. The lowest BCUT2D eigenvalue weighted by Crippen LogP contribution is -2.28. The lowest BCUT2D eigenvalue weighted by Gasteiger charge is -2.21. The monoisotopic (exact) mass is 305 g/mol. The smallest absolute Gasteiger partial charge is 0.266 e. The zero-order chi connectivity index (χ0) is 15.6. The molecule has 0 bridgehead atoms. The van der Waals surface area contributed by atoms with Gasteiger partial charge < -0.3 is 5.73 Å². The highest BCUT2D eigenvalue weighted by molar-refractivity contribution is 7.93. The third-order valence-electron chi connectivity index (χ3n) is 2.97.